The van der Waals surface area contributed by atoms with Crippen molar-refractivity contribution in [3.63, 3.8) is 0 Å². The van der Waals surface area contributed by atoms with Gasteiger partial charge in [-0.15, -0.1) is 0 Å². The second-order valence-electron chi connectivity index (χ2n) is 12.2. The number of allylic oxidation sites excluding steroid dienone is 10. The van der Waals surface area contributed by atoms with Crippen molar-refractivity contribution in [3.8, 4) is 22.3 Å². The Labute approximate surface area is 273 Å². The molecule has 0 aromatic heterocycles. The van der Waals surface area contributed by atoms with E-state index in [0.29, 0.717) is 0 Å². The zero-order chi connectivity index (χ0) is 31.5. The van der Waals surface area contributed by atoms with Crippen LogP contribution < -0.4 is 0 Å². The van der Waals surface area contributed by atoms with Crippen LogP contribution in [0.4, 0.5) is 0 Å². The van der Waals surface area contributed by atoms with Crippen LogP contribution in [0, 0.1) is 0 Å². The molecule has 0 spiro atoms. The van der Waals surface area contributed by atoms with E-state index in [1.54, 1.807) is 0 Å². The fraction of sp³-hybridized carbons (Fsp3) is 0.130. The third-order valence-corrected chi connectivity index (χ3v) is 9.32. The fourth-order valence-corrected chi connectivity index (χ4v) is 7.28. The summed E-state index contributed by atoms with van der Waals surface area (Å²) in [7, 11) is 0. The molecule has 0 aliphatic heterocycles. The van der Waals surface area contributed by atoms with Crippen molar-refractivity contribution in [1.82, 2.24) is 0 Å². The molecule has 0 unspecified atom stereocenters. The molecule has 0 saturated carbocycles. The lowest BCUT2D eigenvalue weighted by Gasteiger charge is -2.21. The van der Waals surface area contributed by atoms with Gasteiger partial charge in [0.25, 0.3) is 0 Å². The van der Waals surface area contributed by atoms with E-state index in [2.05, 4.69) is 172 Å². The van der Waals surface area contributed by atoms with E-state index in [-0.39, 0.29) is 0 Å². The first-order chi connectivity index (χ1) is 22.7. The Bertz CT molecular complexity index is 2170. The molecule has 0 nitrogen and oxygen atoms in total. The van der Waals surface area contributed by atoms with Crippen LogP contribution in [-0.4, -0.2) is 0 Å². The van der Waals surface area contributed by atoms with Gasteiger partial charge in [0.15, 0.2) is 0 Å². The Kier molecular flexibility index (Phi) is 8.36. The Balaban J connectivity index is 1.43. The minimum Gasteiger partial charge on any atom is -0.0871 e. The van der Waals surface area contributed by atoms with Gasteiger partial charge < -0.3 is 0 Å². The van der Waals surface area contributed by atoms with Gasteiger partial charge in [0, 0.05) is 0 Å². The molecular formula is C46H40. The number of hydrogen-bond acceptors (Lipinski definition) is 0. The minimum atomic E-state index is 1.01. The van der Waals surface area contributed by atoms with E-state index < -0.39 is 0 Å². The average molecular weight is 593 g/mol. The quantitative estimate of drug-likeness (QED) is 0.133. The van der Waals surface area contributed by atoms with Crippen molar-refractivity contribution in [3.05, 3.63) is 174 Å². The van der Waals surface area contributed by atoms with Crippen molar-refractivity contribution in [1.29, 1.82) is 0 Å². The first kappa shape index (κ1) is 29.5. The highest BCUT2D eigenvalue weighted by Crippen LogP contribution is 2.45. The molecule has 0 amide bonds. The molecule has 1 aliphatic rings. The smallest absolute Gasteiger partial charge is 0.00201 e. The summed E-state index contributed by atoms with van der Waals surface area (Å²) in [5.74, 6) is 0. The van der Waals surface area contributed by atoms with E-state index in [1.165, 1.54) is 82.4 Å². The summed E-state index contributed by atoms with van der Waals surface area (Å²) in [6, 6.07) is 42.6. The molecule has 0 heterocycles. The van der Waals surface area contributed by atoms with Crippen molar-refractivity contribution in [2.75, 3.05) is 0 Å². The Hall–Kier alpha value is -5.20. The molecule has 46 heavy (non-hydrogen) atoms. The minimum absolute atomic E-state index is 1.01. The van der Waals surface area contributed by atoms with Crippen LogP contribution in [0.1, 0.15) is 45.6 Å². The lowest BCUT2D eigenvalue weighted by atomic mass is 9.83. The molecule has 6 aromatic carbocycles. The van der Waals surface area contributed by atoms with Gasteiger partial charge in [-0.1, -0.05) is 164 Å². The molecule has 1 aliphatic carbocycles. The van der Waals surface area contributed by atoms with Crippen LogP contribution in [0.2, 0.25) is 0 Å². The number of benzene rings is 6. The van der Waals surface area contributed by atoms with Gasteiger partial charge in [-0.3, -0.25) is 0 Å². The molecule has 0 saturated heterocycles. The van der Waals surface area contributed by atoms with Crippen molar-refractivity contribution >= 4 is 37.9 Å². The van der Waals surface area contributed by atoms with E-state index in [9.17, 15) is 0 Å². The fourth-order valence-electron chi connectivity index (χ4n) is 7.28. The van der Waals surface area contributed by atoms with Crippen molar-refractivity contribution in [2.24, 2.45) is 0 Å². The van der Waals surface area contributed by atoms with Crippen LogP contribution >= 0.6 is 0 Å². The maximum atomic E-state index is 2.36. The highest BCUT2D eigenvalue weighted by molar-refractivity contribution is 6.23. The standard InChI is InChI=1S/C46H40/c1-4-16-35(17-5-2)44-32(3)18-7-6-8-22-38(44)34-28-30-36(31-29-34)45-40-23-11-13-25-42(40)46(43-26-14-12-24-41(43)45)39-27-15-20-33-19-9-10-21-37(33)39/h4,6,8-17,19-31H,5,7,18H2,1-3H3/b8-6+,16-4-,35-17+,38-22-,44-32+. The van der Waals surface area contributed by atoms with E-state index in [4.69, 9.17) is 0 Å². The molecule has 0 radical (unpaired) electrons. The number of rotatable bonds is 6. The third kappa shape index (κ3) is 5.35. The van der Waals surface area contributed by atoms with E-state index in [0.717, 1.165) is 19.3 Å². The highest BCUT2D eigenvalue weighted by atomic mass is 14.2. The highest BCUT2D eigenvalue weighted by Gasteiger charge is 2.19. The molecule has 0 fully saturated rings. The second kappa shape index (κ2) is 13.0. The van der Waals surface area contributed by atoms with Crippen LogP contribution in [0.5, 0.6) is 0 Å². The summed E-state index contributed by atoms with van der Waals surface area (Å²) < 4.78 is 0. The monoisotopic (exact) mass is 592 g/mol. The normalized spacial score (nSPS) is 17.7. The van der Waals surface area contributed by atoms with Gasteiger partial charge in [-0.2, -0.15) is 0 Å². The van der Waals surface area contributed by atoms with Crippen LogP contribution in [-0.2, 0) is 0 Å². The first-order valence-corrected chi connectivity index (χ1v) is 16.6. The predicted octanol–water partition coefficient (Wildman–Crippen LogP) is 13.4. The Morgan fingerprint density at radius 1 is 0.652 bits per heavy atom. The van der Waals surface area contributed by atoms with Gasteiger partial charge >= 0.3 is 0 Å². The number of fused-ring (bicyclic) bond motifs is 3. The molecule has 7 rings (SSSR count). The van der Waals surface area contributed by atoms with Crippen molar-refractivity contribution in [2.45, 2.75) is 40.0 Å². The summed E-state index contributed by atoms with van der Waals surface area (Å²) in [6.45, 7) is 6.64. The predicted molar refractivity (Wildman–Crippen MR) is 202 cm³/mol. The van der Waals surface area contributed by atoms with Crippen LogP contribution in [0.15, 0.2) is 168 Å². The summed E-state index contributed by atoms with van der Waals surface area (Å²) in [5, 5.41) is 7.68. The topological polar surface area (TPSA) is 0 Å². The lowest BCUT2D eigenvalue weighted by molar-refractivity contribution is 0.964. The van der Waals surface area contributed by atoms with E-state index in [1.807, 2.05) is 0 Å². The van der Waals surface area contributed by atoms with Gasteiger partial charge in [-0.05, 0) is 110 Å². The Morgan fingerprint density at radius 3 is 1.89 bits per heavy atom. The summed E-state index contributed by atoms with van der Waals surface area (Å²) in [5.41, 5.74) is 11.8. The molecule has 6 aromatic rings. The second-order valence-corrected chi connectivity index (χ2v) is 12.2. The van der Waals surface area contributed by atoms with Gasteiger partial charge in [0.05, 0.1) is 0 Å². The van der Waals surface area contributed by atoms with Gasteiger partial charge in [-0.25, -0.2) is 0 Å². The molecule has 0 bridgehead atoms. The summed E-state index contributed by atoms with van der Waals surface area (Å²) in [6.07, 6.45) is 16.8. The first-order valence-electron chi connectivity index (χ1n) is 16.6. The molecular weight excluding hydrogens is 553 g/mol. The third-order valence-electron chi connectivity index (χ3n) is 9.32. The van der Waals surface area contributed by atoms with Crippen LogP contribution in [0.25, 0.3) is 60.1 Å². The maximum absolute atomic E-state index is 2.36. The van der Waals surface area contributed by atoms with Crippen LogP contribution in [0.3, 0.4) is 0 Å². The lowest BCUT2D eigenvalue weighted by Crippen LogP contribution is -1.99. The van der Waals surface area contributed by atoms with E-state index >= 15 is 0 Å². The maximum Gasteiger partial charge on any atom is -0.00201 e. The number of hydrogen-bond donors (Lipinski definition) is 0. The summed E-state index contributed by atoms with van der Waals surface area (Å²) in [4.78, 5) is 0. The van der Waals surface area contributed by atoms with Gasteiger partial charge in [0.1, 0.15) is 0 Å². The SMILES string of the molecule is C\C=C/C(=C\CC)C1=C(/C)CC/C=C/C=C\1c1ccc(-c2c3ccccc3c(-c3cccc4ccccc34)c3ccccc23)cc1. The largest absolute Gasteiger partial charge is 0.0871 e. The molecule has 0 heteroatoms. The van der Waals surface area contributed by atoms with Crippen molar-refractivity contribution < 1.29 is 0 Å². The zero-order valence-corrected chi connectivity index (χ0v) is 27.1. The zero-order valence-electron chi connectivity index (χ0n) is 27.1. The molecule has 0 atom stereocenters. The Morgan fingerprint density at radius 2 is 1.24 bits per heavy atom. The summed E-state index contributed by atoms with van der Waals surface area (Å²) >= 11 is 0. The van der Waals surface area contributed by atoms with Gasteiger partial charge in [0.2, 0.25) is 0 Å². The molecule has 224 valence electrons. The average Bonchev–Trinajstić information content (AvgIpc) is 3.09. The molecule has 0 N–H and O–H groups in total.